The second kappa shape index (κ2) is 8.53. The molecule has 4 rings (SSSR count). The van der Waals surface area contributed by atoms with Gasteiger partial charge in [0.15, 0.2) is 6.10 Å². The van der Waals surface area contributed by atoms with E-state index in [4.69, 9.17) is 4.74 Å². The average molecular weight is 397 g/mol. The molecule has 1 atom stereocenters. The fraction of sp³-hybridized carbons (Fsp3) is 0.0833. The lowest BCUT2D eigenvalue weighted by Gasteiger charge is -2.16. The number of carbonyl (C=O) groups excluding carboxylic acids is 2. The van der Waals surface area contributed by atoms with Gasteiger partial charge in [-0.15, -0.1) is 0 Å². The summed E-state index contributed by atoms with van der Waals surface area (Å²) >= 11 is 0. The molecule has 0 aliphatic rings. The molecule has 0 spiro atoms. The number of ether oxygens (including phenoxy) is 1. The lowest BCUT2D eigenvalue weighted by atomic mass is 10.0. The van der Waals surface area contributed by atoms with Gasteiger partial charge in [0.2, 0.25) is 0 Å². The van der Waals surface area contributed by atoms with Gasteiger partial charge in [0.1, 0.15) is 0 Å². The number of nitrogens with one attached hydrogen (secondary N) is 1. The van der Waals surface area contributed by atoms with E-state index in [1.165, 1.54) is 0 Å². The first-order chi connectivity index (χ1) is 14.6. The molecule has 6 nitrogen and oxygen atoms in total. The van der Waals surface area contributed by atoms with E-state index in [1.54, 1.807) is 37.5 Å². The topological polar surface area (TPSA) is 81.2 Å². The van der Waals surface area contributed by atoms with Gasteiger partial charge in [-0.05, 0) is 36.8 Å². The number of benzene rings is 3. The summed E-state index contributed by atoms with van der Waals surface area (Å²) in [6, 6.07) is 22.1. The molecule has 0 saturated heterocycles. The van der Waals surface area contributed by atoms with Crippen LogP contribution in [0.4, 0.5) is 5.69 Å². The largest absolute Gasteiger partial charge is 0.449 e. The summed E-state index contributed by atoms with van der Waals surface area (Å²) < 4.78 is 5.37. The van der Waals surface area contributed by atoms with Crippen LogP contribution < -0.4 is 5.32 Å². The number of hydrogen-bond donors (Lipinski definition) is 1. The first-order valence-electron chi connectivity index (χ1n) is 9.49. The minimum atomic E-state index is -0.973. The second-order valence-corrected chi connectivity index (χ2v) is 6.71. The minimum Gasteiger partial charge on any atom is -0.449 e. The highest BCUT2D eigenvalue weighted by Gasteiger charge is 2.20. The van der Waals surface area contributed by atoms with Crippen molar-refractivity contribution in [3.63, 3.8) is 0 Å². The van der Waals surface area contributed by atoms with Crippen molar-refractivity contribution in [3.05, 3.63) is 90.8 Å². The van der Waals surface area contributed by atoms with Crippen molar-refractivity contribution in [1.29, 1.82) is 0 Å². The average Bonchev–Trinajstić information content (AvgIpc) is 2.79. The summed E-state index contributed by atoms with van der Waals surface area (Å²) in [6.07, 6.45) is 2.16. The van der Waals surface area contributed by atoms with E-state index < -0.39 is 18.0 Å². The zero-order valence-corrected chi connectivity index (χ0v) is 16.3. The Labute approximate surface area is 173 Å². The molecule has 0 saturated carbocycles. The molecule has 0 radical (unpaired) electrons. The minimum absolute atomic E-state index is 0.312. The van der Waals surface area contributed by atoms with Crippen LogP contribution in [0.5, 0.6) is 0 Å². The normalized spacial score (nSPS) is 11.6. The van der Waals surface area contributed by atoms with Gasteiger partial charge in [-0.25, -0.2) is 4.79 Å². The third-order valence-corrected chi connectivity index (χ3v) is 4.63. The number of aromatic nitrogens is 2. The quantitative estimate of drug-likeness (QED) is 0.502. The number of rotatable bonds is 5. The Morgan fingerprint density at radius 2 is 1.57 bits per heavy atom. The lowest BCUT2D eigenvalue weighted by Crippen LogP contribution is -2.30. The van der Waals surface area contributed by atoms with E-state index in [9.17, 15) is 9.59 Å². The van der Waals surface area contributed by atoms with Crippen LogP contribution in [0.1, 0.15) is 17.3 Å². The third-order valence-electron chi connectivity index (χ3n) is 4.63. The maximum atomic E-state index is 12.7. The lowest BCUT2D eigenvalue weighted by molar-refractivity contribution is -0.123. The van der Waals surface area contributed by atoms with Gasteiger partial charge in [0, 0.05) is 23.6 Å². The fourth-order valence-corrected chi connectivity index (χ4v) is 3.07. The predicted molar refractivity (Wildman–Crippen MR) is 115 cm³/mol. The van der Waals surface area contributed by atoms with Crippen molar-refractivity contribution in [3.8, 4) is 11.1 Å². The van der Waals surface area contributed by atoms with E-state index >= 15 is 0 Å². The highest BCUT2D eigenvalue weighted by atomic mass is 16.5. The summed E-state index contributed by atoms with van der Waals surface area (Å²) in [7, 11) is 0. The molecular formula is C24H19N3O3. The first kappa shape index (κ1) is 19.3. The third kappa shape index (κ3) is 4.17. The summed E-state index contributed by atoms with van der Waals surface area (Å²) in [6.45, 7) is 1.54. The van der Waals surface area contributed by atoms with Crippen molar-refractivity contribution in [1.82, 2.24) is 9.97 Å². The molecule has 1 heterocycles. The van der Waals surface area contributed by atoms with Crippen molar-refractivity contribution in [2.24, 2.45) is 0 Å². The van der Waals surface area contributed by atoms with Gasteiger partial charge in [-0.1, -0.05) is 48.5 Å². The van der Waals surface area contributed by atoms with Gasteiger partial charge < -0.3 is 10.1 Å². The van der Waals surface area contributed by atoms with Gasteiger partial charge in [0.25, 0.3) is 5.91 Å². The number of amides is 1. The van der Waals surface area contributed by atoms with Crippen molar-refractivity contribution >= 4 is 28.6 Å². The maximum Gasteiger partial charge on any atom is 0.338 e. The van der Waals surface area contributed by atoms with Crippen LogP contribution in [0, 0.1) is 0 Å². The summed E-state index contributed by atoms with van der Waals surface area (Å²) in [5.41, 5.74) is 4.09. The SMILES string of the molecule is C[C@@H](OC(=O)c1ccc2nccnc2c1)C(=O)Nc1ccccc1-c1ccccc1. The first-order valence-corrected chi connectivity index (χ1v) is 9.49. The van der Waals surface area contributed by atoms with E-state index in [1.807, 2.05) is 54.6 Å². The van der Waals surface area contributed by atoms with Crippen molar-refractivity contribution in [2.45, 2.75) is 13.0 Å². The monoisotopic (exact) mass is 397 g/mol. The Morgan fingerprint density at radius 1 is 0.867 bits per heavy atom. The fourth-order valence-electron chi connectivity index (χ4n) is 3.07. The molecule has 0 aliphatic carbocycles. The van der Waals surface area contributed by atoms with E-state index in [-0.39, 0.29) is 0 Å². The highest BCUT2D eigenvalue weighted by molar-refractivity contribution is 6.00. The zero-order valence-electron chi connectivity index (χ0n) is 16.3. The van der Waals surface area contributed by atoms with Crippen molar-refractivity contribution < 1.29 is 14.3 Å². The maximum absolute atomic E-state index is 12.7. The number of anilines is 1. The molecule has 4 aromatic rings. The Bertz CT molecular complexity index is 1210. The molecule has 148 valence electrons. The molecule has 0 fully saturated rings. The smallest absolute Gasteiger partial charge is 0.338 e. The van der Waals surface area contributed by atoms with Crippen LogP contribution in [0.25, 0.3) is 22.2 Å². The molecule has 0 aliphatic heterocycles. The number of fused-ring (bicyclic) bond motifs is 1. The van der Waals surface area contributed by atoms with Crippen LogP contribution in [0.2, 0.25) is 0 Å². The predicted octanol–water partition coefficient (Wildman–Crippen LogP) is 4.48. The van der Waals surface area contributed by atoms with Crippen LogP contribution in [0.15, 0.2) is 85.2 Å². The second-order valence-electron chi connectivity index (χ2n) is 6.71. The zero-order chi connectivity index (χ0) is 20.9. The Balaban J connectivity index is 1.47. The number of esters is 1. The number of para-hydroxylation sites is 1. The molecule has 0 unspecified atom stereocenters. The van der Waals surface area contributed by atoms with Gasteiger partial charge in [-0.3, -0.25) is 14.8 Å². The number of nitrogens with zero attached hydrogens (tertiary/aromatic N) is 2. The van der Waals surface area contributed by atoms with E-state index in [2.05, 4.69) is 15.3 Å². The van der Waals surface area contributed by atoms with Crippen molar-refractivity contribution in [2.75, 3.05) is 5.32 Å². The molecule has 1 amide bonds. The molecule has 30 heavy (non-hydrogen) atoms. The highest BCUT2D eigenvalue weighted by Crippen LogP contribution is 2.27. The molecule has 0 bridgehead atoms. The molecule has 1 N–H and O–H groups in total. The van der Waals surface area contributed by atoms with Crippen LogP contribution >= 0.6 is 0 Å². The summed E-state index contributed by atoms with van der Waals surface area (Å²) in [4.78, 5) is 33.5. The number of hydrogen-bond acceptors (Lipinski definition) is 5. The molecule has 6 heteroatoms. The summed E-state index contributed by atoms with van der Waals surface area (Å²) in [5, 5.41) is 2.86. The van der Waals surface area contributed by atoms with Crippen LogP contribution in [-0.4, -0.2) is 27.9 Å². The van der Waals surface area contributed by atoms with E-state index in [0.29, 0.717) is 22.3 Å². The Morgan fingerprint density at radius 3 is 2.37 bits per heavy atom. The Hall–Kier alpha value is -4.06. The molecular weight excluding hydrogens is 378 g/mol. The molecule has 1 aromatic heterocycles. The summed E-state index contributed by atoms with van der Waals surface area (Å²) in [5.74, 6) is -1.01. The van der Waals surface area contributed by atoms with Gasteiger partial charge >= 0.3 is 5.97 Å². The van der Waals surface area contributed by atoms with Gasteiger partial charge in [-0.2, -0.15) is 0 Å². The van der Waals surface area contributed by atoms with Crippen LogP contribution in [-0.2, 0) is 9.53 Å². The molecule has 3 aromatic carbocycles. The van der Waals surface area contributed by atoms with Crippen LogP contribution in [0.3, 0.4) is 0 Å². The number of carbonyl (C=O) groups is 2. The Kier molecular flexibility index (Phi) is 5.48. The standard InChI is InChI=1S/C24H19N3O3/c1-16(30-24(29)18-11-12-21-22(15-18)26-14-13-25-21)23(28)27-20-10-6-5-9-19(20)17-7-3-2-4-8-17/h2-16H,1H3,(H,27,28)/t16-/m1/s1. The van der Waals surface area contributed by atoms with E-state index in [0.717, 1.165) is 11.1 Å². The van der Waals surface area contributed by atoms with Gasteiger partial charge in [0.05, 0.1) is 16.6 Å².